The predicted molar refractivity (Wildman–Crippen MR) is 131 cm³/mol. The van der Waals surface area contributed by atoms with Gasteiger partial charge >= 0.3 is 0 Å². The first-order chi connectivity index (χ1) is 15.5. The Morgan fingerprint density at radius 3 is 2.39 bits per heavy atom. The highest BCUT2D eigenvalue weighted by Gasteiger charge is 2.50. The summed E-state index contributed by atoms with van der Waals surface area (Å²) in [5.41, 5.74) is 5.55. The molecule has 11 heteroatoms. The number of primary amides is 1. The molecule has 0 atom stereocenters. The summed E-state index contributed by atoms with van der Waals surface area (Å²) < 4.78 is 0. The summed E-state index contributed by atoms with van der Waals surface area (Å²) in [5, 5.41) is 12.4. The summed E-state index contributed by atoms with van der Waals surface area (Å²) in [6.07, 6.45) is -0.182. The Balaban J connectivity index is 1.96. The van der Waals surface area contributed by atoms with Crippen LogP contribution in [-0.4, -0.2) is 28.4 Å². The number of nitrogens with zero attached hydrogens (tertiary/aromatic N) is 3. The van der Waals surface area contributed by atoms with Crippen molar-refractivity contribution in [3.63, 3.8) is 0 Å². The van der Waals surface area contributed by atoms with E-state index in [2.05, 4.69) is 5.32 Å². The molecular weight excluding hydrogens is 485 g/mol. The second-order valence-electron chi connectivity index (χ2n) is 7.77. The lowest BCUT2D eigenvalue weighted by Crippen LogP contribution is -2.44. The molecule has 0 radical (unpaired) electrons. The van der Waals surface area contributed by atoms with Crippen LogP contribution in [0.1, 0.15) is 32.3 Å². The summed E-state index contributed by atoms with van der Waals surface area (Å²) in [5.74, 6) is -1.31. The van der Waals surface area contributed by atoms with Crippen LogP contribution in [0.15, 0.2) is 36.4 Å². The number of rotatable bonds is 6. The molecular formula is C22H19Cl2N5O3S. The summed E-state index contributed by atoms with van der Waals surface area (Å²) in [4.78, 5) is 39.4. The molecule has 0 unspecified atom stereocenters. The van der Waals surface area contributed by atoms with Crippen molar-refractivity contribution in [1.82, 2.24) is 0 Å². The zero-order valence-electron chi connectivity index (χ0n) is 17.7. The van der Waals surface area contributed by atoms with Crippen LogP contribution in [0.4, 0.5) is 17.1 Å². The highest BCUT2D eigenvalue weighted by Crippen LogP contribution is 2.39. The van der Waals surface area contributed by atoms with Gasteiger partial charge < -0.3 is 16.0 Å². The van der Waals surface area contributed by atoms with Gasteiger partial charge in [0.15, 0.2) is 5.11 Å². The molecule has 8 nitrogen and oxygen atoms in total. The number of hydrogen-bond donors (Lipinski definition) is 2. The first-order valence-corrected chi connectivity index (χ1v) is 10.9. The van der Waals surface area contributed by atoms with E-state index in [1.807, 2.05) is 6.07 Å². The fourth-order valence-electron chi connectivity index (χ4n) is 3.39. The van der Waals surface area contributed by atoms with E-state index in [9.17, 15) is 14.4 Å². The van der Waals surface area contributed by atoms with Gasteiger partial charge in [0, 0.05) is 18.5 Å². The number of carbonyl (C=O) groups excluding carboxylic acids is 3. The third kappa shape index (κ3) is 4.78. The van der Waals surface area contributed by atoms with Gasteiger partial charge in [-0.05, 0) is 62.5 Å². The Labute approximate surface area is 205 Å². The quantitative estimate of drug-likeness (QED) is 0.575. The number of thiocarbonyl (C=S) groups is 1. The van der Waals surface area contributed by atoms with Crippen molar-refractivity contribution in [2.75, 3.05) is 15.1 Å². The van der Waals surface area contributed by atoms with Crippen molar-refractivity contribution in [1.29, 1.82) is 5.26 Å². The van der Waals surface area contributed by atoms with E-state index >= 15 is 0 Å². The Morgan fingerprint density at radius 1 is 1.12 bits per heavy atom. The number of nitrogens with one attached hydrogen (secondary N) is 1. The lowest BCUT2D eigenvalue weighted by molar-refractivity contribution is -0.122. The topological polar surface area (TPSA) is 120 Å². The molecule has 3 N–H and O–H groups in total. The normalized spacial score (nSPS) is 14.9. The lowest BCUT2D eigenvalue weighted by atomic mass is 10.0. The number of halogens is 2. The maximum atomic E-state index is 13.3. The van der Waals surface area contributed by atoms with Crippen LogP contribution in [0.25, 0.3) is 0 Å². The van der Waals surface area contributed by atoms with Gasteiger partial charge in [0.1, 0.15) is 11.6 Å². The van der Waals surface area contributed by atoms with Crippen LogP contribution in [0.2, 0.25) is 10.0 Å². The fourth-order valence-corrected chi connectivity index (χ4v) is 4.29. The van der Waals surface area contributed by atoms with E-state index < -0.39 is 17.4 Å². The van der Waals surface area contributed by atoms with E-state index in [4.69, 9.17) is 46.4 Å². The SMILES string of the molecule is CC1(C)C(=O)N(c2ccc(C#N)c(Cl)c2)C(=S)N1c1ccc(Cl)c(NC(=O)CCC(N)=O)c1. The maximum Gasteiger partial charge on any atom is 0.259 e. The van der Waals surface area contributed by atoms with Gasteiger partial charge in [-0.2, -0.15) is 5.26 Å². The van der Waals surface area contributed by atoms with Crippen molar-refractivity contribution in [2.45, 2.75) is 32.2 Å². The number of hydrogen-bond acceptors (Lipinski definition) is 5. The number of anilines is 3. The summed E-state index contributed by atoms with van der Waals surface area (Å²) in [6, 6.07) is 11.5. The first kappa shape index (κ1) is 24.5. The van der Waals surface area contributed by atoms with Crippen LogP contribution < -0.4 is 20.9 Å². The zero-order valence-corrected chi connectivity index (χ0v) is 20.0. The van der Waals surface area contributed by atoms with Gasteiger partial charge in [-0.1, -0.05) is 23.2 Å². The highest BCUT2D eigenvalue weighted by molar-refractivity contribution is 7.81. The molecule has 3 rings (SSSR count). The smallest absolute Gasteiger partial charge is 0.259 e. The molecule has 0 saturated carbocycles. The molecule has 1 fully saturated rings. The van der Waals surface area contributed by atoms with Gasteiger partial charge in [-0.15, -0.1) is 0 Å². The molecule has 3 amide bonds. The molecule has 0 aromatic heterocycles. The second kappa shape index (κ2) is 9.35. The summed E-state index contributed by atoms with van der Waals surface area (Å²) in [7, 11) is 0. The average Bonchev–Trinajstić information content (AvgIpc) is 2.92. The van der Waals surface area contributed by atoms with Crippen molar-refractivity contribution in [2.24, 2.45) is 5.73 Å². The third-order valence-corrected chi connectivity index (χ3v) is 6.09. The van der Waals surface area contributed by atoms with Crippen LogP contribution in [0.5, 0.6) is 0 Å². The molecule has 0 spiro atoms. The van der Waals surface area contributed by atoms with Crippen molar-refractivity contribution in [3.8, 4) is 6.07 Å². The van der Waals surface area contributed by atoms with Gasteiger partial charge in [-0.3, -0.25) is 19.3 Å². The average molecular weight is 504 g/mol. The molecule has 1 heterocycles. The van der Waals surface area contributed by atoms with E-state index in [0.29, 0.717) is 17.1 Å². The second-order valence-corrected chi connectivity index (χ2v) is 8.95. The van der Waals surface area contributed by atoms with Crippen molar-refractivity contribution < 1.29 is 14.4 Å². The minimum Gasteiger partial charge on any atom is -0.370 e. The number of carbonyl (C=O) groups is 3. The molecule has 33 heavy (non-hydrogen) atoms. The number of amides is 3. The van der Waals surface area contributed by atoms with E-state index in [1.54, 1.807) is 43.0 Å². The standard InChI is InChI=1S/C22H19Cl2N5O3S/c1-22(2)20(32)28(13-4-3-12(11-25)16(24)9-13)21(33)29(22)14-5-6-15(23)17(10-14)27-19(31)8-7-18(26)30/h3-6,9-10H,7-8H2,1-2H3,(H2,26,30)(H,27,31). The van der Waals surface area contributed by atoms with Crippen molar-refractivity contribution in [3.05, 3.63) is 52.0 Å². The lowest BCUT2D eigenvalue weighted by Gasteiger charge is -2.30. The van der Waals surface area contributed by atoms with Gasteiger partial charge in [-0.25, -0.2) is 0 Å². The Morgan fingerprint density at radius 2 is 1.79 bits per heavy atom. The molecule has 170 valence electrons. The van der Waals surface area contributed by atoms with Crippen LogP contribution in [-0.2, 0) is 14.4 Å². The summed E-state index contributed by atoms with van der Waals surface area (Å²) in [6.45, 7) is 3.43. The summed E-state index contributed by atoms with van der Waals surface area (Å²) >= 11 is 18.0. The number of nitrogens with two attached hydrogens (primary N) is 1. The number of benzene rings is 2. The first-order valence-electron chi connectivity index (χ1n) is 9.73. The minimum absolute atomic E-state index is 0.0881. The highest BCUT2D eigenvalue weighted by atomic mass is 35.5. The van der Waals surface area contributed by atoms with E-state index in [-0.39, 0.29) is 39.5 Å². The monoisotopic (exact) mass is 503 g/mol. The largest absolute Gasteiger partial charge is 0.370 e. The van der Waals surface area contributed by atoms with Gasteiger partial charge in [0.25, 0.3) is 5.91 Å². The van der Waals surface area contributed by atoms with E-state index in [0.717, 1.165) is 0 Å². The number of nitriles is 1. The molecule has 0 aliphatic carbocycles. The molecule has 2 aromatic rings. The fraction of sp³-hybridized carbons (Fsp3) is 0.227. The van der Waals surface area contributed by atoms with Crippen molar-refractivity contribution >= 4 is 75.3 Å². The molecule has 1 aliphatic rings. The minimum atomic E-state index is -1.07. The molecule has 1 aliphatic heterocycles. The third-order valence-electron chi connectivity index (χ3n) is 5.08. The zero-order chi connectivity index (χ0) is 24.5. The predicted octanol–water partition coefficient (Wildman–Crippen LogP) is 3.99. The Bertz CT molecular complexity index is 1220. The van der Waals surface area contributed by atoms with Crippen LogP contribution >= 0.6 is 35.4 Å². The maximum absolute atomic E-state index is 13.3. The van der Waals surface area contributed by atoms with Crippen LogP contribution in [0, 0.1) is 11.3 Å². The Hall–Kier alpha value is -3.19. The van der Waals surface area contributed by atoms with Crippen LogP contribution in [0.3, 0.4) is 0 Å². The molecule has 0 bridgehead atoms. The Kier molecular flexibility index (Phi) is 6.93. The van der Waals surface area contributed by atoms with Gasteiger partial charge in [0.2, 0.25) is 11.8 Å². The molecule has 1 saturated heterocycles. The molecule has 2 aromatic carbocycles. The van der Waals surface area contributed by atoms with Gasteiger partial charge in [0.05, 0.1) is 27.0 Å². The van der Waals surface area contributed by atoms with E-state index in [1.165, 1.54) is 17.0 Å².